The minimum atomic E-state index is -0.358. The zero-order chi connectivity index (χ0) is 26.1. The van der Waals surface area contributed by atoms with E-state index in [0.717, 1.165) is 71.6 Å². The van der Waals surface area contributed by atoms with Gasteiger partial charge in [0.25, 0.3) is 5.91 Å². The molecule has 5 rings (SSSR count). The van der Waals surface area contributed by atoms with Crippen molar-refractivity contribution >= 4 is 39.1 Å². The highest BCUT2D eigenvalue weighted by atomic mass is 79.9. The normalized spacial score (nSPS) is 18.1. The third-order valence-electron chi connectivity index (χ3n) is 7.35. The van der Waals surface area contributed by atoms with Gasteiger partial charge < -0.3 is 15.0 Å². The van der Waals surface area contributed by atoms with Crippen molar-refractivity contribution in [2.75, 3.05) is 18.5 Å². The minimum absolute atomic E-state index is 0.137. The first-order chi connectivity index (χ1) is 17.9. The molecule has 2 aromatic carbocycles. The highest BCUT2D eigenvalue weighted by molar-refractivity contribution is 9.10. The maximum atomic E-state index is 13.3. The number of hydrogen-bond donors (Lipinski definition) is 1. The zero-order valence-corrected chi connectivity index (χ0v) is 22.8. The van der Waals surface area contributed by atoms with Gasteiger partial charge >= 0.3 is 0 Å². The van der Waals surface area contributed by atoms with Gasteiger partial charge in [0.2, 0.25) is 0 Å². The average molecular weight is 563 g/mol. The molecular formula is C30H31BrN2O4. The van der Waals surface area contributed by atoms with E-state index in [4.69, 9.17) is 4.74 Å². The highest BCUT2D eigenvalue weighted by Crippen LogP contribution is 2.49. The lowest BCUT2D eigenvalue weighted by Gasteiger charge is -2.43. The first-order valence-electron chi connectivity index (χ1n) is 13.0. The number of carbonyl (C=O) groups is 3. The standard InChI is InChI=1S/C30H31BrN2O4/c1-3-33-22-9-5-11-24(34)29(22)28(30-23(33)10-6-12-25(30)35)19-13-14-26(21(31)16-19)37-17-27(36)32-20-8-4-7-18(2)15-20/h4,7-8,13-16,28H,3,5-6,9-12,17H2,1-2H3,(H,32,36). The molecule has 0 fully saturated rings. The van der Waals surface area contributed by atoms with Crippen LogP contribution in [0.1, 0.15) is 62.5 Å². The van der Waals surface area contributed by atoms with Gasteiger partial charge in [-0.1, -0.05) is 18.2 Å². The van der Waals surface area contributed by atoms with Crippen LogP contribution in [0.4, 0.5) is 5.69 Å². The maximum absolute atomic E-state index is 13.3. The number of amides is 1. The number of carbonyl (C=O) groups excluding carboxylic acids is 3. The second kappa shape index (κ2) is 10.7. The van der Waals surface area contributed by atoms with E-state index in [9.17, 15) is 14.4 Å². The first-order valence-corrected chi connectivity index (χ1v) is 13.8. The number of nitrogens with zero attached hydrogens (tertiary/aromatic N) is 1. The molecule has 0 spiro atoms. The van der Waals surface area contributed by atoms with Gasteiger partial charge in [0.05, 0.1) is 4.47 Å². The summed E-state index contributed by atoms with van der Waals surface area (Å²) in [4.78, 5) is 41.2. The molecule has 0 saturated heterocycles. The van der Waals surface area contributed by atoms with E-state index < -0.39 is 0 Å². The highest BCUT2D eigenvalue weighted by Gasteiger charge is 2.42. The fourth-order valence-corrected chi connectivity index (χ4v) is 6.32. The summed E-state index contributed by atoms with van der Waals surface area (Å²) < 4.78 is 6.49. The average Bonchev–Trinajstić information content (AvgIpc) is 2.87. The van der Waals surface area contributed by atoms with Crippen molar-refractivity contribution in [3.63, 3.8) is 0 Å². The van der Waals surface area contributed by atoms with Crippen molar-refractivity contribution in [2.45, 2.75) is 58.3 Å². The summed E-state index contributed by atoms with van der Waals surface area (Å²) in [6.45, 7) is 4.68. The van der Waals surface area contributed by atoms with Gasteiger partial charge in [0.1, 0.15) is 5.75 Å². The molecule has 1 aliphatic heterocycles. The quantitative estimate of drug-likeness (QED) is 0.453. The van der Waals surface area contributed by atoms with E-state index in [1.807, 2.05) is 49.4 Å². The van der Waals surface area contributed by atoms with Crippen molar-refractivity contribution in [1.29, 1.82) is 0 Å². The molecule has 0 unspecified atom stereocenters. The van der Waals surface area contributed by atoms with Crippen LogP contribution in [0.3, 0.4) is 0 Å². The molecule has 2 aromatic rings. The SMILES string of the molecule is CCN1C2=C(C(=O)CCC2)C(c2ccc(OCC(=O)Nc3cccc(C)c3)c(Br)c2)C2=C1CCCC2=O. The van der Waals surface area contributed by atoms with Crippen LogP contribution in [0.25, 0.3) is 0 Å². The van der Waals surface area contributed by atoms with Crippen LogP contribution in [0.15, 0.2) is 69.5 Å². The molecule has 0 aromatic heterocycles. The van der Waals surface area contributed by atoms with E-state index in [1.165, 1.54) is 0 Å². The Bertz CT molecular complexity index is 1300. The van der Waals surface area contributed by atoms with Gasteiger partial charge in [-0.25, -0.2) is 0 Å². The second-order valence-corrected chi connectivity index (χ2v) is 10.7. The van der Waals surface area contributed by atoms with Gasteiger partial charge in [-0.15, -0.1) is 0 Å². The lowest BCUT2D eigenvalue weighted by Crippen LogP contribution is -2.39. The third-order valence-corrected chi connectivity index (χ3v) is 7.97. The topological polar surface area (TPSA) is 75.7 Å². The van der Waals surface area contributed by atoms with Crippen LogP contribution in [0, 0.1) is 6.92 Å². The van der Waals surface area contributed by atoms with Crippen LogP contribution < -0.4 is 10.1 Å². The zero-order valence-electron chi connectivity index (χ0n) is 21.2. The van der Waals surface area contributed by atoms with Crippen LogP contribution in [0.2, 0.25) is 0 Å². The second-order valence-electron chi connectivity index (χ2n) is 9.85. The monoisotopic (exact) mass is 562 g/mol. The fourth-order valence-electron chi connectivity index (χ4n) is 5.81. The molecule has 1 amide bonds. The Hall–Kier alpha value is -3.19. The molecule has 0 atom stereocenters. The minimum Gasteiger partial charge on any atom is -0.483 e. The maximum Gasteiger partial charge on any atom is 0.262 e. The molecule has 0 radical (unpaired) electrons. The van der Waals surface area contributed by atoms with E-state index in [0.29, 0.717) is 23.1 Å². The van der Waals surface area contributed by atoms with Crippen LogP contribution >= 0.6 is 15.9 Å². The smallest absolute Gasteiger partial charge is 0.262 e. The van der Waals surface area contributed by atoms with E-state index in [1.54, 1.807) is 0 Å². The number of hydrogen-bond acceptors (Lipinski definition) is 5. The Balaban J connectivity index is 1.42. The van der Waals surface area contributed by atoms with Crippen molar-refractivity contribution in [3.8, 4) is 5.75 Å². The van der Waals surface area contributed by atoms with Crippen LogP contribution in [0.5, 0.6) is 5.75 Å². The number of ether oxygens (including phenoxy) is 1. The van der Waals surface area contributed by atoms with E-state index >= 15 is 0 Å². The van der Waals surface area contributed by atoms with Crippen LogP contribution in [-0.2, 0) is 14.4 Å². The molecule has 1 heterocycles. The van der Waals surface area contributed by atoms with Gasteiger partial charge in [-0.2, -0.15) is 0 Å². The van der Waals surface area contributed by atoms with Crippen molar-refractivity contribution < 1.29 is 19.1 Å². The van der Waals surface area contributed by atoms with Gasteiger partial charge in [0, 0.05) is 53.5 Å². The Morgan fingerprint density at radius 2 is 1.68 bits per heavy atom. The summed E-state index contributed by atoms with van der Waals surface area (Å²) in [5, 5.41) is 2.85. The van der Waals surface area contributed by atoms with Gasteiger partial charge in [0.15, 0.2) is 18.2 Å². The van der Waals surface area contributed by atoms with Crippen molar-refractivity contribution in [3.05, 3.63) is 80.6 Å². The predicted octanol–water partition coefficient (Wildman–Crippen LogP) is 6.21. The summed E-state index contributed by atoms with van der Waals surface area (Å²) in [7, 11) is 0. The lowest BCUT2D eigenvalue weighted by molar-refractivity contribution is -0.118. The number of nitrogens with one attached hydrogen (secondary N) is 1. The van der Waals surface area contributed by atoms with Crippen molar-refractivity contribution in [2.24, 2.45) is 0 Å². The Labute approximate surface area is 225 Å². The molecule has 37 heavy (non-hydrogen) atoms. The number of ketones is 2. The Kier molecular flexibility index (Phi) is 7.33. The molecule has 1 N–H and O–H groups in total. The summed E-state index contributed by atoms with van der Waals surface area (Å²) in [5.41, 5.74) is 6.41. The Morgan fingerprint density at radius 1 is 1.00 bits per heavy atom. The molecule has 7 heteroatoms. The molecule has 2 aliphatic carbocycles. The molecular weight excluding hydrogens is 532 g/mol. The van der Waals surface area contributed by atoms with Gasteiger partial charge in [-0.05, 0) is 90.9 Å². The molecule has 0 saturated carbocycles. The summed E-state index contributed by atoms with van der Waals surface area (Å²) in [5.74, 6) is 0.197. The van der Waals surface area contributed by atoms with Gasteiger partial charge in [-0.3, -0.25) is 14.4 Å². The lowest BCUT2D eigenvalue weighted by atomic mass is 9.71. The largest absolute Gasteiger partial charge is 0.483 e. The number of halogens is 1. The molecule has 192 valence electrons. The molecule has 0 bridgehead atoms. The summed E-state index contributed by atoms with van der Waals surface area (Å²) >= 11 is 3.60. The van der Waals surface area contributed by atoms with Crippen molar-refractivity contribution in [1.82, 2.24) is 4.90 Å². The van der Waals surface area contributed by atoms with E-state index in [2.05, 4.69) is 33.1 Å². The Morgan fingerprint density at radius 3 is 2.27 bits per heavy atom. The number of benzene rings is 2. The fraction of sp³-hybridized carbons (Fsp3) is 0.367. The molecule has 3 aliphatic rings. The summed E-state index contributed by atoms with van der Waals surface area (Å²) in [6.07, 6.45) is 4.44. The number of aryl methyl sites for hydroxylation is 1. The van der Waals surface area contributed by atoms with Crippen LogP contribution in [-0.4, -0.2) is 35.5 Å². The third kappa shape index (κ3) is 5.01. The van der Waals surface area contributed by atoms with E-state index in [-0.39, 0.29) is 30.0 Å². The first kappa shape index (κ1) is 25.5. The number of anilines is 1. The number of allylic oxidation sites excluding steroid dienone is 4. The molecule has 6 nitrogen and oxygen atoms in total. The predicted molar refractivity (Wildman–Crippen MR) is 146 cm³/mol. The number of rotatable bonds is 6. The summed E-state index contributed by atoms with van der Waals surface area (Å²) in [6, 6.07) is 13.3. The number of Topliss-reactive ketones (excluding diaryl/α,β-unsaturated/α-hetero) is 2.